The molecular weight excluding hydrogens is 228 g/mol. The maximum Gasteiger partial charge on any atom is 0.227 e. The van der Waals surface area contributed by atoms with Crippen molar-refractivity contribution in [1.82, 2.24) is 4.90 Å². The lowest BCUT2D eigenvalue weighted by atomic mass is 9.76. The molecule has 1 saturated carbocycles. The molecule has 2 fully saturated rings. The van der Waals surface area contributed by atoms with Crippen LogP contribution in [0.5, 0.6) is 0 Å². The van der Waals surface area contributed by atoms with Crippen molar-refractivity contribution >= 4 is 5.91 Å². The van der Waals surface area contributed by atoms with Crippen LogP contribution in [0, 0.1) is 11.8 Å². The predicted octanol–water partition coefficient (Wildman–Crippen LogP) is 1.39. The Bertz CT molecular complexity index is 286. The molecule has 2 aliphatic rings. The highest BCUT2D eigenvalue weighted by molar-refractivity contribution is 5.80. The molecule has 4 atom stereocenters. The lowest BCUT2D eigenvalue weighted by Crippen LogP contribution is -2.53. The molecule has 0 aromatic rings. The van der Waals surface area contributed by atoms with Gasteiger partial charge in [-0.2, -0.15) is 0 Å². The molecule has 0 aromatic heterocycles. The van der Waals surface area contributed by atoms with E-state index in [1.807, 2.05) is 4.90 Å². The average Bonchev–Trinajstić information content (AvgIpc) is 2.38. The van der Waals surface area contributed by atoms with Gasteiger partial charge in [-0.05, 0) is 25.2 Å². The van der Waals surface area contributed by atoms with Crippen LogP contribution >= 0.6 is 0 Å². The van der Waals surface area contributed by atoms with Gasteiger partial charge in [-0.1, -0.05) is 20.3 Å². The van der Waals surface area contributed by atoms with Gasteiger partial charge in [-0.3, -0.25) is 4.79 Å². The number of hydrogen-bond acceptors (Lipinski definition) is 3. The van der Waals surface area contributed by atoms with Crippen molar-refractivity contribution in [1.29, 1.82) is 0 Å². The Hall–Kier alpha value is -0.610. The van der Waals surface area contributed by atoms with Crippen molar-refractivity contribution in [3.8, 4) is 0 Å². The first-order chi connectivity index (χ1) is 8.63. The standard InChI is InChI=1S/C14H26N2O2/c1-3-11-9-16(7-8-18-11)14(17)13-10(2)5-4-6-12(13)15/h10-13H,3-9,15H2,1-2H3. The number of morpholine rings is 1. The molecule has 18 heavy (non-hydrogen) atoms. The van der Waals surface area contributed by atoms with Gasteiger partial charge >= 0.3 is 0 Å². The summed E-state index contributed by atoms with van der Waals surface area (Å²) in [4.78, 5) is 14.6. The molecule has 2 rings (SSSR count). The van der Waals surface area contributed by atoms with Crippen LogP contribution in [0.25, 0.3) is 0 Å². The summed E-state index contributed by atoms with van der Waals surface area (Å²) in [6, 6.07) is 0.0455. The van der Waals surface area contributed by atoms with Crippen LogP contribution in [0.3, 0.4) is 0 Å². The van der Waals surface area contributed by atoms with E-state index < -0.39 is 0 Å². The van der Waals surface area contributed by atoms with Crippen molar-refractivity contribution in [2.45, 2.75) is 51.7 Å². The monoisotopic (exact) mass is 254 g/mol. The second kappa shape index (κ2) is 6.02. The lowest BCUT2D eigenvalue weighted by Gasteiger charge is -2.39. The Kier molecular flexibility index (Phi) is 4.62. The van der Waals surface area contributed by atoms with Crippen LogP contribution in [-0.4, -0.2) is 42.6 Å². The van der Waals surface area contributed by atoms with E-state index in [1.165, 1.54) is 0 Å². The zero-order valence-corrected chi connectivity index (χ0v) is 11.6. The van der Waals surface area contributed by atoms with Crippen molar-refractivity contribution in [2.75, 3.05) is 19.7 Å². The minimum Gasteiger partial charge on any atom is -0.375 e. The zero-order valence-electron chi connectivity index (χ0n) is 11.6. The zero-order chi connectivity index (χ0) is 13.1. The first-order valence-electron chi connectivity index (χ1n) is 7.29. The van der Waals surface area contributed by atoms with E-state index in [4.69, 9.17) is 10.5 Å². The van der Waals surface area contributed by atoms with Gasteiger partial charge in [0, 0.05) is 19.1 Å². The van der Waals surface area contributed by atoms with E-state index in [0.29, 0.717) is 12.5 Å². The number of nitrogens with two attached hydrogens (primary N) is 1. The molecule has 0 radical (unpaired) electrons. The second-order valence-corrected chi connectivity index (χ2v) is 5.78. The van der Waals surface area contributed by atoms with E-state index in [0.717, 1.165) is 38.8 Å². The summed E-state index contributed by atoms with van der Waals surface area (Å²) in [5, 5.41) is 0. The van der Waals surface area contributed by atoms with Crippen LogP contribution < -0.4 is 5.73 Å². The molecule has 1 heterocycles. The molecule has 104 valence electrons. The third-order valence-corrected chi connectivity index (χ3v) is 4.46. The number of carbonyl (C=O) groups excluding carboxylic acids is 1. The smallest absolute Gasteiger partial charge is 0.227 e. The number of rotatable bonds is 2. The third kappa shape index (κ3) is 2.86. The third-order valence-electron chi connectivity index (χ3n) is 4.46. The first kappa shape index (κ1) is 13.8. The number of carbonyl (C=O) groups is 1. The highest BCUT2D eigenvalue weighted by Gasteiger charge is 2.37. The predicted molar refractivity (Wildman–Crippen MR) is 71.1 cm³/mol. The fourth-order valence-corrected chi connectivity index (χ4v) is 3.26. The van der Waals surface area contributed by atoms with Gasteiger partial charge in [0.1, 0.15) is 0 Å². The minimum atomic E-state index is 0.0226. The van der Waals surface area contributed by atoms with Gasteiger partial charge in [-0.25, -0.2) is 0 Å². The number of ether oxygens (including phenoxy) is 1. The average molecular weight is 254 g/mol. The molecular formula is C14H26N2O2. The number of amides is 1. The maximum atomic E-state index is 12.6. The summed E-state index contributed by atoms with van der Waals surface area (Å²) in [6.45, 7) is 6.41. The molecule has 1 aliphatic heterocycles. The van der Waals surface area contributed by atoms with E-state index in [-0.39, 0.29) is 24.0 Å². The number of nitrogens with zero attached hydrogens (tertiary/aromatic N) is 1. The summed E-state index contributed by atoms with van der Waals surface area (Å²) in [5.41, 5.74) is 6.17. The van der Waals surface area contributed by atoms with Gasteiger partial charge in [-0.15, -0.1) is 0 Å². The quantitative estimate of drug-likeness (QED) is 0.810. The van der Waals surface area contributed by atoms with E-state index in [2.05, 4.69) is 13.8 Å². The molecule has 1 aliphatic carbocycles. The molecule has 1 amide bonds. The molecule has 2 N–H and O–H groups in total. The van der Waals surface area contributed by atoms with Crippen LogP contribution in [0.1, 0.15) is 39.5 Å². The maximum absolute atomic E-state index is 12.6. The summed E-state index contributed by atoms with van der Waals surface area (Å²) in [7, 11) is 0. The fraction of sp³-hybridized carbons (Fsp3) is 0.929. The molecule has 0 bridgehead atoms. The molecule has 4 unspecified atom stereocenters. The summed E-state index contributed by atoms with van der Waals surface area (Å²) in [5.74, 6) is 0.704. The summed E-state index contributed by atoms with van der Waals surface area (Å²) >= 11 is 0. The second-order valence-electron chi connectivity index (χ2n) is 5.78. The van der Waals surface area contributed by atoms with Gasteiger partial charge in [0.15, 0.2) is 0 Å². The van der Waals surface area contributed by atoms with Crippen LogP contribution in [0.2, 0.25) is 0 Å². The summed E-state index contributed by atoms with van der Waals surface area (Å²) in [6.07, 6.45) is 4.45. The molecule has 0 aromatic carbocycles. The van der Waals surface area contributed by atoms with Gasteiger partial charge in [0.2, 0.25) is 5.91 Å². The Morgan fingerprint density at radius 2 is 2.22 bits per heavy atom. The lowest BCUT2D eigenvalue weighted by molar-refractivity contribution is -0.146. The Morgan fingerprint density at radius 3 is 2.89 bits per heavy atom. The Morgan fingerprint density at radius 1 is 1.44 bits per heavy atom. The molecule has 4 nitrogen and oxygen atoms in total. The van der Waals surface area contributed by atoms with Crippen molar-refractivity contribution < 1.29 is 9.53 Å². The first-order valence-corrected chi connectivity index (χ1v) is 7.29. The van der Waals surface area contributed by atoms with Crippen LogP contribution in [0.15, 0.2) is 0 Å². The SMILES string of the molecule is CCC1CN(C(=O)C2C(C)CCCC2N)CCO1. The molecule has 1 saturated heterocycles. The topological polar surface area (TPSA) is 55.6 Å². The highest BCUT2D eigenvalue weighted by Crippen LogP contribution is 2.30. The number of hydrogen-bond donors (Lipinski definition) is 1. The van der Waals surface area contributed by atoms with Crippen LogP contribution in [-0.2, 0) is 9.53 Å². The van der Waals surface area contributed by atoms with E-state index in [1.54, 1.807) is 0 Å². The van der Waals surface area contributed by atoms with Crippen LogP contribution in [0.4, 0.5) is 0 Å². The minimum absolute atomic E-state index is 0.0226. The molecule has 4 heteroatoms. The normalized spacial score (nSPS) is 37.6. The van der Waals surface area contributed by atoms with Gasteiger partial charge < -0.3 is 15.4 Å². The van der Waals surface area contributed by atoms with E-state index in [9.17, 15) is 4.79 Å². The Balaban J connectivity index is 2.00. The van der Waals surface area contributed by atoms with Crippen molar-refractivity contribution in [2.24, 2.45) is 17.6 Å². The Labute approximate surface area is 110 Å². The van der Waals surface area contributed by atoms with Gasteiger partial charge in [0.05, 0.1) is 18.6 Å². The van der Waals surface area contributed by atoms with Gasteiger partial charge in [0.25, 0.3) is 0 Å². The van der Waals surface area contributed by atoms with Crippen molar-refractivity contribution in [3.05, 3.63) is 0 Å². The van der Waals surface area contributed by atoms with E-state index >= 15 is 0 Å². The highest BCUT2D eigenvalue weighted by atomic mass is 16.5. The largest absolute Gasteiger partial charge is 0.375 e. The fourth-order valence-electron chi connectivity index (χ4n) is 3.26. The summed E-state index contributed by atoms with van der Waals surface area (Å²) < 4.78 is 5.62. The van der Waals surface area contributed by atoms with Crippen molar-refractivity contribution in [3.63, 3.8) is 0 Å². The molecule has 0 spiro atoms.